The van der Waals surface area contributed by atoms with Crippen molar-refractivity contribution in [3.63, 3.8) is 0 Å². The molecular formula is C27H19N5O4S. The van der Waals surface area contributed by atoms with E-state index in [2.05, 4.69) is 20.4 Å². The van der Waals surface area contributed by atoms with Gasteiger partial charge in [-0.25, -0.2) is 4.98 Å². The fourth-order valence-corrected chi connectivity index (χ4v) is 4.52. The number of hydrogen-bond donors (Lipinski definition) is 2. The van der Waals surface area contributed by atoms with E-state index < -0.39 is 0 Å². The van der Waals surface area contributed by atoms with Gasteiger partial charge in [0.1, 0.15) is 11.5 Å². The third-order valence-corrected chi connectivity index (χ3v) is 6.45. The Balaban J connectivity index is 1.33. The molecule has 2 N–H and O–H groups in total. The third kappa shape index (κ3) is 4.78. The molecule has 0 spiro atoms. The molecule has 1 aliphatic rings. The van der Waals surface area contributed by atoms with Gasteiger partial charge in [0.25, 0.3) is 5.56 Å². The Morgan fingerprint density at radius 1 is 1.00 bits per heavy atom. The standard InChI is InChI=1S/C27H19N5O4S/c33-25(11-9-17-8-10-21-22(13-17)36-16-35-21)29-24-14-20(23-7-4-12-37-23)31-32(24)27-28-19(15-26(34)30-27)18-5-2-1-3-6-18/h1-15H,16H2,(H,29,33)(H,28,30,34)/b11-9-. The van der Waals surface area contributed by atoms with Gasteiger partial charge in [0.2, 0.25) is 18.6 Å². The minimum atomic E-state index is -0.377. The Hall–Kier alpha value is -4.96. The summed E-state index contributed by atoms with van der Waals surface area (Å²) in [5, 5.41) is 9.43. The highest BCUT2D eigenvalue weighted by atomic mass is 32.1. The monoisotopic (exact) mass is 509 g/mol. The van der Waals surface area contributed by atoms with Crippen LogP contribution in [0.1, 0.15) is 5.56 Å². The number of aromatic nitrogens is 4. The molecule has 2 aromatic carbocycles. The van der Waals surface area contributed by atoms with Crippen LogP contribution in [0.5, 0.6) is 11.5 Å². The van der Waals surface area contributed by atoms with Gasteiger partial charge in [0.15, 0.2) is 11.5 Å². The van der Waals surface area contributed by atoms with E-state index in [0.29, 0.717) is 28.7 Å². The summed E-state index contributed by atoms with van der Waals surface area (Å²) < 4.78 is 12.1. The van der Waals surface area contributed by atoms with Crippen LogP contribution in [-0.4, -0.2) is 32.4 Å². The second-order valence-corrected chi connectivity index (χ2v) is 9.01. The van der Waals surface area contributed by atoms with Crippen LogP contribution >= 0.6 is 11.3 Å². The van der Waals surface area contributed by atoms with Gasteiger partial charge < -0.3 is 14.8 Å². The number of H-pyrrole nitrogens is 1. The van der Waals surface area contributed by atoms with Crippen molar-refractivity contribution in [3.05, 3.63) is 100 Å². The fraction of sp³-hybridized carbons (Fsp3) is 0.0370. The van der Waals surface area contributed by atoms with E-state index in [-0.39, 0.29) is 24.2 Å². The Labute approximate surface area is 214 Å². The summed E-state index contributed by atoms with van der Waals surface area (Å²) in [6.07, 6.45) is 3.09. The molecule has 182 valence electrons. The van der Waals surface area contributed by atoms with Crippen LogP contribution in [-0.2, 0) is 4.79 Å². The third-order valence-electron chi connectivity index (χ3n) is 5.56. The first-order valence-electron chi connectivity index (χ1n) is 11.3. The average Bonchev–Trinajstić information content (AvgIpc) is 3.68. The van der Waals surface area contributed by atoms with Gasteiger partial charge in [-0.15, -0.1) is 11.3 Å². The first-order valence-corrected chi connectivity index (χ1v) is 12.2. The van der Waals surface area contributed by atoms with Crippen LogP contribution in [0.15, 0.2) is 89.0 Å². The minimum absolute atomic E-state index is 0.182. The summed E-state index contributed by atoms with van der Waals surface area (Å²) in [6, 6.07) is 21.8. The van der Waals surface area contributed by atoms with Gasteiger partial charge in [-0.2, -0.15) is 9.78 Å². The number of carbonyl (C=O) groups is 1. The molecule has 3 aromatic heterocycles. The maximum Gasteiger partial charge on any atom is 0.252 e. The van der Waals surface area contributed by atoms with Crippen molar-refractivity contribution >= 4 is 29.1 Å². The maximum atomic E-state index is 12.9. The Morgan fingerprint density at radius 3 is 2.70 bits per heavy atom. The molecule has 37 heavy (non-hydrogen) atoms. The first-order chi connectivity index (χ1) is 18.1. The zero-order valence-electron chi connectivity index (χ0n) is 19.3. The van der Waals surface area contributed by atoms with E-state index in [1.165, 1.54) is 28.2 Å². The fourth-order valence-electron chi connectivity index (χ4n) is 3.83. The number of rotatable bonds is 6. The first kappa shape index (κ1) is 22.5. The summed E-state index contributed by atoms with van der Waals surface area (Å²) in [6.45, 7) is 0.182. The number of ether oxygens (including phenoxy) is 2. The molecule has 5 aromatic rings. The molecule has 0 aliphatic carbocycles. The molecule has 0 saturated carbocycles. The lowest BCUT2D eigenvalue weighted by Gasteiger charge is -2.08. The van der Waals surface area contributed by atoms with Crippen molar-refractivity contribution in [2.24, 2.45) is 0 Å². The van der Waals surface area contributed by atoms with Gasteiger partial charge in [0.05, 0.1) is 10.6 Å². The van der Waals surface area contributed by atoms with Crippen molar-refractivity contribution in [1.82, 2.24) is 19.7 Å². The SMILES string of the molecule is O=C(/C=C\c1ccc2c(c1)OCO2)Nc1cc(-c2cccs2)nn1-c1nc(-c2ccccc2)cc(=O)[nH]1. The van der Waals surface area contributed by atoms with E-state index in [1.54, 1.807) is 24.3 Å². The number of aromatic amines is 1. The number of nitrogens with one attached hydrogen (secondary N) is 2. The average molecular weight is 510 g/mol. The number of anilines is 1. The molecule has 0 bridgehead atoms. The number of benzene rings is 2. The van der Waals surface area contributed by atoms with Crippen molar-refractivity contribution in [2.45, 2.75) is 0 Å². The Bertz CT molecular complexity index is 1670. The lowest BCUT2D eigenvalue weighted by Crippen LogP contribution is -2.17. The highest BCUT2D eigenvalue weighted by Crippen LogP contribution is 2.33. The lowest BCUT2D eigenvalue weighted by molar-refractivity contribution is -0.111. The van der Waals surface area contributed by atoms with Gasteiger partial charge in [0, 0.05) is 23.8 Å². The van der Waals surface area contributed by atoms with Crippen molar-refractivity contribution in [3.8, 4) is 39.3 Å². The highest BCUT2D eigenvalue weighted by Gasteiger charge is 2.17. The maximum absolute atomic E-state index is 12.9. The van der Waals surface area contributed by atoms with Gasteiger partial charge in [-0.1, -0.05) is 42.5 Å². The summed E-state index contributed by atoms with van der Waals surface area (Å²) in [5.74, 6) is 1.47. The van der Waals surface area contributed by atoms with Crippen LogP contribution in [0, 0.1) is 0 Å². The lowest BCUT2D eigenvalue weighted by atomic mass is 10.1. The Morgan fingerprint density at radius 2 is 1.86 bits per heavy atom. The molecule has 10 heteroatoms. The summed E-state index contributed by atoms with van der Waals surface area (Å²) in [5.41, 5.74) is 2.37. The molecule has 1 amide bonds. The zero-order valence-corrected chi connectivity index (χ0v) is 20.1. The van der Waals surface area contributed by atoms with Crippen molar-refractivity contribution < 1.29 is 14.3 Å². The number of amides is 1. The van der Waals surface area contributed by atoms with E-state index in [9.17, 15) is 9.59 Å². The van der Waals surface area contributed by atoms with Crippen LogP contribution in [0.2, 0.25) is 0 Å². The van der Waals surface area contributed by atoms with Crippen molar-refractivity contribution in [2.75, 3.05) is 12.1 Å². The van der Waals surface area contributed by atoms with Gasteiger partial charge in [-0.05, 0) is 35.2 Å². The quantitative estimate of drug-likeness (QED) is 0.320. The van der Waals surface area contributed by atoms with E-state index in [4.69, 9.17) is 9.47 Å². The van der Waals surface area contributed by atoms with Gasteiger partial charge in [-0.3, -0.25) is 14.6 Å². The molecule has 4 heterocycles. The topological polar surface area (TPSA) is 111 Å². The van der Waals surface area contributed by atoms with Crippen LogP contribution in [0.3, 0.4) is 0 Å². The van der Waals surface area contributed by atoms with Crippen LogP contribution < -0.4 is 20.3 Å². The molecule has 0 saturated heterocycles. The molecule has 1 aliphatic heterocycles. The predicted octanol–water partition coefficient (Wildman–Crippen LogP) is 4.73. The smallest absolute Gasteiger partial charge is 0.252 e. The Kier molecular flexibility index (Phi) is 5.83. The molecule has 0 unspecified atom stereocenters. The number of nitrogens with zero attached hydrogens (tertiary/aromatic N) is 3. The summed E-state index contributed by atoms with van der Waals surface area (Å²) >= 11 is 1.52. The van der Waals surface area contributed by atoms with Crippen LogP contribution in [0.25, 0.3) is 33.9 Å². The van der Waals surface area contributed by atoms with Crippen molar-refractivity contribution in [1.29, 1.82) is 0 Å². The minimum Gasteiger partial charge on any atom is -0.454 e. The second kappa shape index (κ2) is 9.59. The van der Waals surface area contributed by atoms with Crippen LogP contribution in [0.4, 0.5) is 5.82 Å². The zero-order chi connectivity index (χ0) is 25.2. The number of fused-ring (bicyclic) bond motifs is 1. The molecule has 0 radical (unpaired) electrons. The number of hydrogen-bond acceptors (Lipinski definition) is 7. The largest absolute Gasteiger partial charge is 0.454 e. The number of thiophene rings is 1. The summed E-state index contributed by atoms with van der Waals surface area (Å²) in [4.78, 5) is 33.6. The van der Waals surface area contributed by atoms with E-state index >= 15 is 0 Å². The highest BCUT2D eigenvalue weighted by molar-refractivity contribution is 7.13. The second-order valence-electron chi connectivity index (χ2n) is 8.06. The normalized spacial score (nSPS) is 12.2. The predicted molar refractivity (Wildman–Crippen MR) is 141 cm³/mol. The molecular weight excluding hydrogens is 490 g/mol. The molecule has 0 atom stereocenters. The van der Waals surface area contributed by atoms with E-state index in [0.717, 1.165) is 16.0 Å². The molecule has 0 fully saturated rings. The molecule has 6 rings (SSSR count). The summed E-state index contributed by atoms with van der Waals surface area (Å²) in [7, 11) is 0. The van der Waals surface area contributed by atoms with Gasteiger partial charge >= 0.3 is 0 Å². The number of carbonyl (C=O) groups excluding carboxylic acids is 1. The van der Waals surface area contributed by atoms with E-state index in [1.807, 2.05) is 53.9 Å². The molecule has 9 nitrogen and oxygen atoms in total.